The van der Waals surface area contributed by atoms with Gasteiger partial charge in [0.15, 0.2) is 10.7 Å². The molecule has 0 unspecified atom stereocenters. The zero-order valence-electron chi connectivity index (χ0n) is 27.4. The lowest BCUT2D eigenvalue weighted by atomic mass is 9.93. The van der Waals surface area contributed by atoms with Gasteiger partial charge in [0.05, 0.1) is 16.4 Å². The van der Waals surface area contributed by atoms with Crippen LogP contribution >= 0.6 is 11.3 Å². The van der Waals surface area contributed by atoms with Gasteiger partial charge in [-0.2, -0.15) is 5.10 Å². The van der Waals surface area contributed by atoms with Gasteiger partial charge in [-0.05, 0) is 79.2 Å². The molecule has 6 rings (SSSR count). The predicted octanol–water partition coefficient (Wildman–Crippen LogP) is 4.02. The number of rotatable bonds is 7. The second kappa shape index (κ2) is 13.0. The third-order valence-corrected chi connectivity index (χ3v) is 9.61. The molecule has 1 atom stereocenters. The van der Waals surface area contributed by atoms with E-state index in [1.165, 1.54) is 17.7 Å². The van der Waals surface area contributed by atoms with Gasteiger partial charge in [-0.15, -0.1) is 11.3 Å². The summed E-state index contributed by atoms with van der Waals surface area (Å²) in [5.41, 5.74) is 9.33. The largest absolute Gasteiger partial charge is 0.473 e. The standard InChI is InChI=1S/C32H42N8O6S/c1-17-22(15-44-30(17)42)23-13-24(25-27(33)34-16-35-40(23)25)39-12-6-7-20(14-39)37-28(41)26-29(36-18(2)47-26)45-21-10-8-19(9-11-21)38-31(43)46-32(3,4)5/h13,16,19-21H,6-12,14-15H2,1-5H3,(H,37,41)(H,38,43)(H2,33,34,35)/t19?,20-,21?/m1/s1. The van der Waals surface area contributed by atoms with Crippen LogP contribution in [0.4, 0.5) is 16.3 Å². The van der Waals surface area contributed by atoms with Crippen molar-refractivity contribution in [2.75, 3.05) is 30.3 Å². The Morgan fingerprint density at radius 1 is 1.11 bits per heavy atom. The van der Waals surface area contributed by atoms with Crippen LogP contribution < -0.4 is 26.0 Å². The Hall–Kier alpha value is -4.40. The fourth-order valence-corrected chi connectivity index (χ4v) is 7.16. The molecule has 3 aromatic heterocycles. The Morgan fingerprint density at radius 3 is 2.57 bits per heavy atom. The summed E-state index contributed by atoms with van der Waals surface area (Å²) >= 11 is 1.32. The summed E-state index contributed by atoms with van der Waals surface area (Å²) in [6.45, 7) is 10.6. The molecule has 0 bridgehead atoms. The number of hydrogen-bond donors (Lipinski definition) is 3. The molecule has 252 valence electrons. The molecule has 1 saturated heterocycles. The molecule has 5 heterocycles. The maximum atomic E-state index is 13.6. The SMILES string of the molecule is CC1=C(c2cc(N3CCC[C@@H](NC(=O)c4sc(C)nc4OC4CCC(NC(=O)OC(C)(C)C)CC4)C3)c3c(N)ncnn23)COC1=O. The van der Waals surface area contributed by atoms with Crippen LogP contribution in [0.5, 0.6) is 5.88 Å². The first-order valence-electron chi connectivity index (χ1n) is 16.0. The van der Waals surface area contributed by atoms with E-state index in [0.29, 0.717) is 34.2 Å². The van der Waals surface area contributed by atoms with Gasteiger partial charge in [-0.25, -0.2) is 24.1 Å². The topological polar surface area (TPSA) is 175 Å². The zero-order valence-corrected chi connectivity index (χ0v) is 28.2. The third kappa shape index (κ3) is 7.14. The van der Waals surface area contributed by atoms with E-state index in [9.17, 15) is 14.4 Å². The Bertz CT molecular complexity index is 1720. The fourth-order valence-electron chi connectivity index (χ4n) is 6.40. The van der Waals surface area contributed by atoms with Gasteiger partial charge in [0.1, 0.15) is 30.2 Å². The number of hydrogen-bond acceptors (Lipinski definition) is 12. The highest BCUT2D eigenvalue weighted by atomic mass is 32.1. The average Bonchev–Trinajstić information content (AvgIpc) is 3.68. The molecule has 1 aliphatic carbocycles. The number of thiazole rings is 1. The fraction of sp³-hybridized carbons (Fsp3) is 0.562. The lowest BCUT2D eigenvalue weighted by molar-refractivity contribution is -0.135. The van der Waals surface area contributed by atoms with E-state index in [1.807, 2.05) is 33.8 Å². The van der Waals surface area contributed by atoms with E-state index >= 15 is 0 Å². The number of alkyl carbamates (subject to hydrolysis) is 1. The minimum Gasteiger partial charge on any atom is -0.473 e. The monoisotopic (exact) mass is 666 g/mol. The van der Waals surface area contributed by atoms with Gasteiger partial charge in [0, 0.05) is 36.3 Å². The van der Waals surface area contributed by atoms with Gasteiger partial charge < -0.3 is 35.5 Å². The molecule has 14 nitrogen and oxygen atoms in total. The van der Waals surface area contributed by atoms with Crippen molar-refractivity contribution in [3.63, 3.8) is 0 Å². The number of aryl methyl sites for hydroxylation is 1. The lowest BCUT2D eigenvalue weighted by Gasteiger charge is -2.34. The summed E-state index contributed by atoms with van der Waals surface area (Å²) in [5.74, 6) is 0.118. The number of nitrogens with zero attached hydrogens (tertiary/aromatic N) is 5. The van der Waals surface area contributed by atoms with Gasteiger partial charge in [0.25, 0.3) is 5.91 Å². The Kier molecular flexibility index (Phi) is 9.01. The lowest BCUT2D eigenvalue weighted by Crippen LogP contribution is -2.47. The van der Waals surface area contributed by atoms with E-state index in [4.69, 9.17) is 19.9 Å². The quantitative estimate of drug-likeness (QED) is 0.311. The molecule has 3 aliphatic rings. The summed E-state index contributed by atoms with van der Waals surface area (Å²) in [4.78, 5) is 49.4. The molecule has 3 aromatic rings. The van der Waals surface area contributed by atoms with Crippen LogP contribution in [0, 0.1) is 6.92 Å². The smallest absolute Gasteiger partial charge is 0.407 e. The van der Waals surface area contributed by atoms with E-state index in [-0.39, 0.29) is 36.7 Å². The second-order valence-electron chi connectivity index (χ2n) is 13.4. The van der Waals surface area contributed by atoms with Crippen molar-refractivity contribution in [1.82, 2.24) is 30.2 Å². The van der Waals surface area contributed by atoms with Crippen molar-refractivity contribution in [2.45, 2.75) is 96.9 Å². The van der Waals surface area contributed by atoms with Gasteiger partial charge >= 0.3 is 12.1 Å². The minimum absolute atomic E-state index is 0.0181. The van der Waals surface area contributed by atoms with E-state index in [1.54, 1.807) is 11.4 Å². The van der Waals surface area contributed by atoms with Crippen molar-refractivity contribution in [2.24, 2.45) is 0 Å². The first-order valence-corrected chi connectivity index (χ1v) is 16.9. The van der Waals surface area contributed by atoms with E-state index in [0.717, 1.165) is 67.0 Å². The number of nitrogen functional groups attached to an aromatic ring is 1. The van der Waals surface area contributed by atoms with Crippen molar-refractivity contribution in [3.05, 3.63) is 33.5 Å². The summed E-state index contributed by atoms with van der Waals surface area (Å²) in [7, 11) is 0. The highest BCUT2D eigenvalue weighted by Crippen LogP contribution is 2.36. The van der Waals surface area contributed by atoms with Crippen LogP contribution in [0.15, 0.2) is 18.0 Å². The van der Waals surface area contributed by atoms with Crippen molar-refractivity contribution in [1.29, 1.82) is 0 Å². The van der Waals surface area contributed by atoms with Gasteiger partial charge in [-0.3, -0.25) is 4.79 Å². The number of piperidine rings is 1. The summed E-state index contributed by atoms with van der Waals surface area (Å²) in [5, 5.41) is 11.4. The normalized spacial score (nSPS) is 21.9. The summed E-state index contributed by atoms with van der Waals surface area (Å²) in [6.07, 6.45) is 5.49. The van der Waals surface area contributed by atoms with Crippen molar-refractivity contribution < 1.29 is 28.6 Å². The number of esters is 1. The molecule has 2 amide bonds. The predicted molar refractivity (Wildman–Crippen MR) is 177 cm³/mol. The zero-order chi connectivity index (χ0) is 33.5. The maximum Gasteiger partial charge on any atom is 0.407 e. The van der Waals surface area contributed by atoms with Crippen LogP contribution in [0.2, 0.25) is 0 Å². The molecule has 1 saturated carbocycles. The summed E-state index contributed by atoms with van der Waals surface area (Å²) in [6, 6.07) is 1.86. The Balaban J connectivity index is 1.11. The molecule has 0 radical (unpaired) electrons. The van der Waals surface area contributed by atoms with E-state index in [2.05, 4.69) is 30.6 Å². The van der Waals surface area contributed by atoms with Crippen LogP contribution in [-0.4, -0.2) is 81.0 Å². The molecule has 0 aromatic carbocycles. The van der Waals surface area contributed by atoms with Gasteiger partial charge in [-0.1, -0.05) is 0 Å². The number of amides is 2. The van der Waals surface area contributed by atoms with Crippen LogP contribution in [0.3, 0.4) is 0 Å². The molecular formula is C32H42N8O6S. The first-order chi connectivity index (χ1) is 22.4. The van der Waals surface area contributed by atoms with E-state index < -0.39 is 11.7 Å². The summed E-state index contributed by atoms with van der Waals surface area (Å²) < 4.78 is 18.7. The third-order valence-electron chi connectivity index (χ3n) is 8.66. The number of fused-ring (bicyclic) bond motifs is 1. The van der Waals surface area contributed by atoms with Crippen LogP contribution in [0.1, 0.15) is 86.6 Å². The number of cyclic esters (lactones) is 1. The molecule has 2 aliphatic heterocycles. The van der Waals surface area contributed by atoms with Crippen LogP contribution in [0.25, 0.3) is 11.1 Å². The molecular weight excluding hydrogens is 624 g/mol. The highest BCUT2D eigenvalue weighted by Gasteiger charge is 2.32. The number of carbonyl (C=O) groups is 3. The second-order valence-corrected chi connectivity index (χ2v) is 14.6. The number of ether oxygens (including phenoxy) is 3. The first kappa shape index (κ1) is 32.5. The average molecular weight is 667 g/mol. The maximum absolute atomic E-state index is 13.6. The Morgan fingerprint density at radius 2 is 1.87 bits per heavy atom. The molecule has 15 heteroatoms. The number of aromatic nitrogens is 4. The van der Waals surface area contributed by atoms with Crippen LogP contribution in [-0.2, 0) is 14.3 Å². The molecule has 2 fully saturated rings. The molecule has 47 heavy (non-hydrogen) atoms. The molecule has 0 spiro atoms. The molecule has 4 N–H and O–H groups in total. The Labute approximate surface area is 277 Å². The van der Waals surface area contributed by atoms with Gasteiger partial charge in [0.2, 0.25) is 5.88 Å². The number of carbonyl (C=O) groups excluding carboxylic acids is 3. The van der Waals surface area contributed by atoms with Crippen molar-refractivity contribution in [3.8, 4) is 5.88 Å². The number of nitrogens with two attached hydrogens (primary N) is 1. The number of anilines is 2. The highest BCUT2D eigenvalue weighted by molar-refractivity contribution is 7.13. The number of nitrogens with one attached hydrogen (secondary N) is 2. The minimum atomic E-state index is -0.548. The van der Waals surface area contributed by atoms with Crippen molar-refractivity contribution >= 4 is 51.9 Å².